The molecule has 9 heteroatoms. The predicted octanol–water partition coefficient (Wildman–Crippen LogP) is 3.14. The van der Waals surface area contributed by atoms with Crippen molar-refractivity contribution in [1.29, 1.82) is 0 Å². The fraction of sp³-hybridized carbons (Fsp3) is 0.526. The first-order valence-corrected chi connectivity index (χ1v) is 11.6. The van der Waals surface area contributed by atoms with E-state index in [4.69, 9.17) is 16.1 Å². The number of hydrogen-bond donors (Lipinski definition) is 0. The first-order valence-electron chi connectivity index (χ1n) is 9.29. The van der Waals surface area contributed by atoms with Crippen LogP contribution in [0.25, 0.3) is 11.4 Å². The molecule has 28 heavy (non-hydrogen) atoms. The minimum Gasteiger partial charge on any atom is -0.341 e. The molecule has 1 saturated carbocycles. The maximum atomic E-state index is 12.5. The van der Waals surface area contributed by atoms with Crippen molar-refractivity contribution in [2.24, 2.45) is 0 Å². The van der Waals surface area contributed by atoms with E-state index in [2.05, 4.69) is 10.1 Å². The topological polar surface area (TPSA) is 93.4 Å². The molecule has 0 spiro atoms. The minimum atomic E-state index is -3.16. The molecule has 2 atom stereocenters. The van der Waals surface area contributed by atoms with Gasteiger partial charge in [-0.15, -0.1) is 0 Å². The molecule has 0 unspecified atom stereocenters. The van der Waals surface area contributed by atoms with Crippen LogP contribution in [0, 0.1) is 0 Å². The SMILES string of the molecule is CN(C(=O)CCCc1nc(-c2ccc(Cl)cc2)no1)[C@H]1CCC[C@H]1S(C)(=O)=O. The predicted molar refractivity (Wildman–Crippen MR) is 107 cm³/mol. The lowest BCUT2D eigenvalue weighted by Crippen LogP contribution is -2.44. The van der Waals surface area contributed by atoms with Gasteiger partial charge in [-0.3, -0.25) is 4.79 Å². The van der Waals surface area contributed by atoms with Crippen molar-refractivity contribution < 1.29 is 17.7 Å². The normalized spacial score (nSPS) is 19.7. The molecular formula is C19H24ClN3O4S. The average Bonchev–Trinajstić information content (AvgIpc) is 3.31. The average molecular weight is 426 g/mol. The fourth-order valence-corrected chi connectivity index (χ4v) is 5.28. The summed E-state index contributed by atoms with van der Waals surface area (Å²) in [5, 5.41) is 4.13. The van der Waals surface area contributed by atoms with Crippen molar-refractivity contribution in [1.82, 2.24) is 15.0 Å². The van der Waals surface area contributed by atoms with Crippen LogP contribution in [0.3, 0.4) is 0 Å². The molecule has 1 fully saturated rings. The lowest BCUT2D eigenvalue weighted by atomic mass is 10.1. The number of carbonyl (C=O) groups excluding carboxylic acids is 1. The Balaban J connectivity index is 1.52. The van der Waals surface area contributed by atoms with E-state index in [1.165, 1.54) is 6.26 Å². The second kappa shape index (κ2) is 8.61. The molecule has 1 aromatic heterocycles. The molecule has 1 heterocycles. The molecule has 1 amide bonds. The zero-order valence-corrected chi connectivity index (χ0v) is 17.5. The van der Waals surface area contributed by atoms with Gasteiger partial charge >= 0.3 is 0 Å². The van der Waals surface area contributed by atoms with Crippen molar-refractivity contribution in [3.63, 3.8) is 0 Å². The maximum absolute atomic E-state index is 12.5. The number of amides is 1. The van der Waals surface area contributed by atoms with Crippen molar-refractivity contribution >= 4 is 27.3 Å². The van der Waals surface area contributed by atoms with E-state index in [-0.39, 0.29) is 11.9 Å². The molecule has 2 aromatic rings. The number of carbonyl (C=O) groups is 1. The van der Waals surface area contributed by atoms with E-state index in [0.717, 1.165) is 18.4 Å². The molecule has 7 nitrogen and oxygen atoms in total. The highest BCUT2D eigenvalue weighted by molar-refractivity contribution is 7.91. The van der Waals surface area contributed by atoms with Gasteiger partial charge in [0.15, 0.2) is 9.84 Å². The summed E-state index contributed by atoms with van der Waals surface area (Å²) in [6, 6.07) is 6.91. The summed E-state index contributed by atoms with van der Waals surface area (Å²) in [5.74, 6) is 0.894. The van der Waals surface area contributed by atoms with Gasteiger partial charge < -0.3 is 9.42 Å². The van der Waals surface area contributed by atoms with E-state index in [1.807, 2.05) is 12.1 Å². The molecule has 0 saturated heterocycles. The van der Waals surface area contributed by atoms with Crippen molar-refractivity contribution in [2.45, 2.75) is 49.8 Å². The fourth-order valence-electron chi connectivity index (χ4n) is 3.67. The number of sulfone groups is 1. The van der Waals surface area contributed by atoms with Crippen molar-refractivity contribution in [3.8, 4) is 11.4 Å². The first kappa shape index (κ1) is 20.8. The van der Waals surface area contributed by atoms with E-state index < -0.39 is 15.1 Å². The summed E-state index contributed by atoms with van der Waals surface area (Å²) in [6.07, 6.45) is 4.78. The zero-order valence-electron chi connectivity index (χ0n) is 16.0. The van der Waals surface area contributed by atoms with Crippen LogP contribution >= 0.6 is 11.6 Å². The maximum Gasteiger partial charge on any atom is 0.226 e. The van der Waals surface area contributed by atoms with E-state index in [9.17, 15) is 13.2 Å². The van der Waals surface area contributed by atoms with Crippen LogP contribution in [-0.4, -0.2) is 54.0 Å². The highest BCUT2D eigenvalue weighted by atomic mass is 35.5. The van der Waals surface area contributed by atoms with E-state index in [0.29, 0.717) is 42.4 Å². The third kappa shape index (κ3) is 4.91. The highest BCUT2D eigenvalue weighted by Gasteiger charge is 2.38. The molecule has 1 aliphatic carbocycles. The smallest absolute Gasteiger partial charge is 0.226 e. The Morgan fingerprint density at radius 2 is 2.00 bits per heavy atom. The second-order valence-corrected chi connectivity index (χ2v) is 9.94. The van der Waals surface area contributed by atoms with Crippen LogP contribution < -0.4 is 0 Å². The Bertz CT molecular complexity index is 927. The van der Waals surface area contributed by atoms with Gasteiger partial charge in [-0.05, 0) is 49.9 Å². The Kier molecular flexibility index (Phi) is 6.40. The quantitative estimate of drug-likeness (QED) is 0.676. The number of rotatable bonds is 7. The van der Waals surface area contributed by atoms with Crippen LogP contribution in [-0.2, 0) is 21.1 Å². The number of nitrogens with zero attached hydrogens (tertiary/aromatic N) is 3. The number of benzene rings is 1. The summed E-state index contributed by atoms with van der Waals surface area (Å²) >= 11 is 5.88. The molecule has 3 rings (SSSR count). The van der Waals surface area contributed by atoms with Gasteiger partial charge in [0.05, 0.1) is 5.25 Å². The first-order chi connectivity index (χ1) is 13.3. The molecular weight excluding hydrogens is 402 g/mol. The molecule has 1 aromatic carbocycles. The number of aryl methyl sites for hydroxylation is 1. The standard InChI is InChI=1S/C19H24ClN3O4S/c1-23(15-5-3-6-16(15)28(2,25)26)18(24)8-4-7-17-21-19(22-27-17)13-9-11-14(20)12-10-13/h9-12,15-16H,3-8H2,1-2H3/t15-,16+/m0/s1. The van der Waals surface area contributed by atoms with Crippen molar-refractivity contribution in [3.05, 3.63) is 35.2 Å². The van der Waals surface area contributed by atoms with Crippen LogP contribution in [0.1, 0.15) is 38.0 Å². The van der Waals surface area contributed by atoms with E-state index >= 15 is 0 Å². The molecule has 0 aliphatic heterocycles. The Labute approximate surface area is 170 Å². The third-order valence-electron chi connectivity index (χ3n) is 5.21. The zero-order chi connectivity index (χ0) is 20.3. The largest absolute Gasteiger partial charge is 0.341 e. The van der Waals surface area contributed by atoms with Crippen molar-refractivity contribution in [2.75, 3.05) is 13.3 Å². The Morgan fingerprint density at radius 3 is 2.68 bits per heavy atom. The van der Waals surface area contributed by atoms with E-state index in [1.54, 1.807) is 24.1 Å². The van der Waals surface area contributed by atoms with Gasteiger partial charge in [0.1, 0.15) is 0 Å². The number of halogens is 1. The summed E-state index contributed by atoms with van der Waals surface area (Å²) in [7, 11) is -1.46. The van der Waals surface area contributed by atoms with Gasteiger partial charge in [-0.1, -0.05) is 16.8 Å². The van der Waals surface area contributed by atoms with Gasteiger partial charge in [0.25, 0.3) is 0 Å². The lowest BCUT2D eigenvalue weighted by molar-refractivity contribution is -0.131. The molecule has 0 radical (unpaired) electrons. The van der Waals surface area contributed by atoms with Crippen LogP contribution in [0.2, 0.25) is 5.02 Å². The number of hydrogen-bond acceptors (Lipinski definition) is 6. The van der Waals surface area contributed by atoms with Crippen LogP contribution in [0.5, 0.6) is 0 Å². The summed E-state index contributed by atoms with van der Waals surface area (Å²) in [6.45, 7) is 0. The summed E-state index contributed by atoms with van der Waals surface area (Å²) in [5.41, 5.74) is 0.809. The lowest BCUT2D eigenvalue weighted by Gasteiger charge is -2.29. The Hall–Kier alpha value is -1.93. The highest BCUT2D eigenvalue weighted by Crippen LogP contribution is 2.29. The number of aromatic nitrogens is 2. The second-order valence-electron chi connectivity index (χ2n) is 7.24. The summed E-state index contributed by atoms with van der Waals surface area (Å²) in [4.78, 5) is 18.5. The molecule has 1 aliphatic rings. The van der Waals surface area contributed by atoms with Gasteiger partial charge in [0, 0.05) is 42.8 Å². The van der Waals surface area contributed by atoms with Gasteiger partial charge in [-0.25, -0.2) is 8.42 Å². The third-order valence-corrected chi connectivity index (χ3v) is 7.11. The summed E-state index contributed by atoms with van der Waals surface area (Å²) < 4.78 is 29.1. The van der Waals surface area contributed by atoms with Gasteiger partial charge in [0.2, 0.25) is 17.6 Å². The molecule has 0 bridgehead atoms. The molecule has 0 N–H and O–H groups in total. The Morgan fingerprint density at radius 1 is 1.29 bits per heavy atom. The minimum absolute atomic E-state index is 0.0574. The monoisotopic (exact) mass is 425 g/mol. The van der Waals surface area contributed by atoms with Crippen LogP contribution in [0.4, 0.5) is 0 Å². The molecule has 152 valence electrons. The van der Waals surface area contributed by atoms with Crippen LogP contribution in [0.15, 0.2) is 28.8 Å². The van der Waals surface area contributed by atoms with Gasteiger partial charge in [-0.2, -0.15) is 4.98 Å².